The van der Waals surface area contributed by atoms with Crippen molar-refractivity contribution in [2.45, 2.75) is 38.8 Å². The molecule has 0 aromatic carbocycles. The zero-order valence-corrected chi connectivity index (χ0v) is 12.1. The Kier molecular flexibility index (Phi) is 4.31. The molecule has 1 aromatic heterocycles. The molecule has 0 unspecified atom stereocenters. The first-order chi connectivity index (χ1) is 9.02. The number of halogens is 1. The molecule has 0 amide bonds. The molecule has 1 heterocycles. The van der Waals surface area contributed by atoms with Gasteiger partial charge in [0, 0.05) is 32.6 Å². The molecule has 3 N–H and O–H groups in total. The fraction of sp³-hybridized carbons (Fsp3) is 0.667. The van der Waals surface area contributed by atoms with E-state index >= 15 is 0 Å². The molecule has 1 saturated carbocycles. The van der Waals surface area contributed by atoms with Crippen LogP contribution >= 0.6 is 11.6 Å². The van der Waals surface area contributed by atoms with Gasteiger partial charge in [0.05, 0.1) is 16.4 Å². The molecular formula is C12H20ClN5O. The summed E-state index contributed by atoms with van der Waals surface area (Å²) >= 11 is 6.27. The van der Waals surface area contributed by atoms with Crippen LogP contribution in [0.3, 0.4) is 0 Å². The van der Waals surface area contributed by atoms with Crippen molar-refractivity contribution in [1.82, 2.24) is 14.7 Å². The number of nitrogens with two attached hydrogens (primary N) is 1. The van der Waals surface area contributed by atoms with E-state index in [1.165, 1.54) is 12.8 Å². The van der Waals surface area contributed by atoms with Crippen LogP contribution in [0, 0.1) is 6.92 Å². The van der Waals surface area contributed by atoms with Gasteiger partial charge in [-0.3, -0.25) is 9.58 Å². The third kappa shape index (κ3) is 3.39. The zero-order chi connectivity index (χ0) is 14.0. The Bertz CT molecular complexity index is 481. The fourth-order valence-electron chi connectivity index (χ4n) is 2.18. The molecule has 0 aliphatic heterocycles. The highest BCUT2D eigenvalue weighted by Crippen LogP contribution is 2.30. The van der Waals surface area contributed by atoms with Crippen LogP contribution in [0.4, 0.5) is 0 Å². The molecule has 2 rings (SSSR count). The molecular weight excluding hydrogens is 266 g/mol. The van der Waals surface area contributed by atoms with Crippen molar-refractivity contribution in [2.24, 2.45) is 17.9 Å². The van der Waals surface area contributed by atoms with Crippen LogP contribution in [-0.2, 0) is 13.6 Å². The van der Waals surface area contributed by atoms with Gasteiger partial charge in [-0.1, -0.05) is 16.8 Å². The number of hydrogen-bond acceptors (Lipinski definition) is 4. The van der Waals surface area contributed by atoms with Crippen LogP contribution in [0.15, 0.2) is 5.16 Å². The quantitative estimate of drug-likeness (QED) is 0.359. The molecule has 1 fully saturated rings. The second-order valence-corrected chi connectivity index (χ2v) is 5.39. The van der Waals surface area contributed by atoms with E-state index in [-0.39, 0.29) is 5.84 Å². The van der Waals surface area contributed by atoms with Gasteiger partial charge in [-0.2, -0.15) is 5.10 Å². The fourth-order valence-corrected chi connectivity index (χ4v) is 2.40. The topological polar surface area (TPSA) is 79.7 Å². The summed E-state index contributed by atoms with van der Waals surface area (Å²) in [6, 6.07) is 0.581. The summed E-state index contributed by atoms with van der Waals surface area (Å²) in [7, 11) is 1.91. The number of aromatic nitrogens is 2. The van der Waals surface area contributed by atoms with E-state index in [1.54, 1.807) is 0 Å². The van der Waals surface area contributed by atoms with Crippen molar-refractivity contribution in [3.63, 3.8) is 0 Å². The van der Waals surface area contributed by atoms with Gasteiger partial charge < -0.3 is 10.9 Å². The van der Waals surface area contributed by atoms with Crippen LogP contribution in [-0.4, -0.2) is 38.3 Å². The number of oxime groups is 1. The van der Waals surface area contributed by atoms with Gasteiger partial charge >= 0.3 is 0 Å². The average Bonchev–Trinajstić information content (AvgIpc) is 3.18. The van der Waals surface area contributed by atoms with Crippen LogP contribution in [0.1, 0.15) is 30.7 Å². The molecule has 106 valence electrons. The van der Waals surface area contributed by atoms with E-state index in [4.69, 9.17) is 22.5 Å². The highest BCUT2D eigenvalue weighted by molar-refractivity contribution is 6.31. The standard InChI is InChI=1S/C12H20ClN5O/c1-8-12(13)10(17(2)15-8)7-18(9-3-4-9)6-5-11(14)16-19/h9,19H,3-7H2,1-2H3,(H2,14,16). The summed E-state index contributed by atoms with van der Waals surface area (Å²) in [6.45, 7) is 3.42. The Morgan fingerprint density at radius 2 is 2.32 bits per heavy atom. The SMILES string of the molecule is Cc1nn(C)c(CN(CCC(N)=NO)C2CC2)c1Cl. The van der Waals surface area contributed by atoms with Crippen molar-refractivity contribution < 1.29 is 5.21 Å². The highest BCUT2D eigenvalue weighted by atomic mass is 35.5. The first-order valence-electron chi connectivity index (χ1n) is 6.41. The molecule has 0 spiro atoms. The minimum absolute atomic E-state index is 0.262. The lowest BCUT2D eigenvalue weighted by Gasteiger charge is -2.21. The lowest BCUT2D eigenvalue weighted by molar-refractivity contribution is 0.253. The van der Waals surface area contributed by atoms with Gasteiger partial charge in [-0.05, 0) is 19.8 Å². The third-order valence-electron chi connectivity index (χ3n) is 3.46. The maximum atomic E-state index is 8.59. The maximum absolute atomic E-state index is 8.59. The van der Waals surface area contributed by atoms with Crippen LogP contribution in [0.2, 0.25) is 5.02 Å². The number of nitrogens with zero attached hydrogens (tertiary/aromatic N) is 4. The van der Waals surface area contributed by atoms with Gasteiger partial charge in [0.15, 0.2) is 0 Å². The lowest BCUT2D eigenvalue weighted by Crippen LogP contribution is -2.30. The summed E-state index contributed by atoms with van der Waals surface area (Å²) in [6.07, 6.45) is 2.96. The van der Waals surface area contributed by atoms with Crippen molar-refractivity contribution >= 4 is 17.4 Å². The molecule has 6 nitrogen and oxygen atoms in total. The largest absolute Gasteiger partial charge is 0.409 e. The monoisotopic (exact) mass is 285 g/mol. The summed E-state index contributed by atoms with van der Waals surface area (Å²) < 4.78 is 1.83. The third-order valence-corrected chi connectivity index (χ3v) is 3.95. The molecule has 0 atom stereocenters. The first-order valence-corrected chi connectivity index (χ1v) is 6.79. The molecule has 1 aliphatic carbocycles. The van der Waals surface area contributed by atoms with Gasteiger partial charge in [-0.25, -0.2) is 0 Å². The summed E-state index contributed by atoms with van der Waals surface area (Å²) in [4.78, 5) is 2.32. The van der Waals surface area contributed by atoms with E-state index in [0.717, 1.165) is 29.5 Å². The van der Waals surface area contributed by atoms with E-state index < -0.39 is 0 Å². The molecule has 1 aromatic rings. The second kappa shape index (κ2) is 5.79. The van der Waals surface area contributed by atoms with Crippen LogP contribution in [0.25, 0.3) is 0 Å². The van der Waals surface area contributed by atoms with Crippen molar-refractivity contribution in [2.75, 3.05) is 6.54 Å². The Labute approximate surface area is 117 Å². The molecule has 0 radical (unpaired) electrons. The summed E-state index contributed by atoms with van der Waals surface area (Å²) in [5.74, 6) is 0.262. The molecule has 7 heteroatoms. The minimum atomic E-state index is 0.262. The molecule has 0 saturated heterocycles. The summed E-state index contributed by atoms with van der Waals surface area (Å²) in [5.41, 5.74) is 7.40. The normalized spacial score (nSPS) is 16.3. The average molecular weight is 286 g/mol. The van der Waals surface area contributed by atoms with Crippen molar-refractivity contribution in [3.8, 4) is 0 Å². The molecule has 1 aliphatic rings. The van der Waals surface area contributed by atoms with E-state index in [0.29, 0.717) is 12.5 Å². The Morgan fingerprint density at radius 3 is 2.79 bits per heavy atom. The Morgan fingerprint density at radius 1 is 1.63 bits per heavy atom. The molecule has 0 bridgehead atoms. The van der Waals surface area contributed by atoms with E-state index in [9.17, 15) is 0 Å². The number of hydrogen-bond donors (Lipinski definition) is 2. The van der Waals surface area contributed by atoms with Crippen LogP contribution in [0.5, 0.6) is 0 Å². The van der Waals surface area contributed by atoms with Gasteiger partial charge in [0.2, 0.25) is 0 Å². The zero-order valence-electron chi connectivity index (χ0n) is 11.3. The summed E-state index contributed by atoms with van der Waals surface area (Å²) in [5, 5.41) is 16.7. The Hall–Kier alpha value is -1.27. The smallest absolute Gasteiger partial charge is 0.140 e. The van der Waals surface area contributed by atoms with Gasteiger partial charge in [0.25, 0.3) is 0 Å². The predicted octanol–water partition coefficient (Wildman–Crippen LogP) is 1.48. The first kappa shape index (κ1) is 14.1. The van der Waals surface area contributed by atoms with Crippen molar-refractivity contribution in [1.29, 1.82) is 0 Å². The van der Waals surface area contributed by atoms with E-state index in [1.807, 2.05) is 18.7 Å². The number of aryl methyl sites for hydroxylation is 2. The van der Waals surface area contributed by atoms with Gasteiger partial charge in [0.1, 0.15) is 5.84 Å². The molecule has 19 heavy (non-hydrogen) atoms. The second-order valence-electron chi connectivity index (χ2n) is 5.01. The van der Waals surface area contributed by atoms with Gasteiger partial charge in [-0.15, -0.1) is 0 Å². The van der Waals surface area contributed by atoms with Crippen molar-refractivity contribution in [3.05, 3.63) is 16.4 Å². The number of amidine groups is 1. The maximum Gasteiger partial charge on any atom is 0.140 e. The van der Waals surface area contributed by atoms with E-state index in [2.05, 4.69) is 15.2 Å². The van der Waals surface area contributed by atoms with Crippen LogP contribution < -0.4 is 5.73 Å². The predicted molar refractivity (Wildman–Crippen MR) is 74.4 cm³/mol. The Balaban J connectivity index is 2.04. The highest BCUT2D eigenvalue weighted by Gasteiger charge is 2.30. The lowest BCUT2D eigenvalue weighted by atomic mass is 10.3. The number of rotatable bonds is 6. The minimum Gasteiger partial charge on any atom is -0.409 e.